The molecule has 0 aromatic carbocycles. The molecule has 0 rings (SSSR count). The van der Waals surface area contributed by atoms with E-state index in [9.17, 15) is 0 Å². The smallest absolute Gasteiger partial charge is 0.213 e. The van der Waals surface area contributed by atoms with Crippen LogP contribution in [-0.2, 0) is 0 Å². The van der Waals surface area contributed by atoms with E-state index in [0.717, 1.165) is 6.32 Å². The van der Waals surface area contributed by atoms with Crippen molar-refractivity contribution in [2.24, 2.45) is 0 Å². The molecule has 0 unspecified atom stereocenters. The second-order valence-electron chi connectivity index (χ2n) is 0.741. The summed E-state index contributed by atoms with van der Waals surface area (Å²) in [7, 11) is 1.56. The maximum atomic E-state index is 7.76. The van der Waals surface area contributed by atoms with Gasteiger partial charge in [0.1, 0.15) is 0 Å². The Morgan fingerprint density at radius 3 is 2.60 bits per heavy atom. The zero-order chi connectivity index (χ0) is 4.12. The van der Waals surface area contributed by atoms with E-state index in [1.807, 2.05) is 12.9 Å². The first kappa shape index (κ1) is 4.55. The number of hydrogen-bond acceptors (Lipinski definition) is 1. The summed E-state index contributed by atoms with van der Waals surface area (Å²) in [6.07, 6.45) is 0.858. The molecule has 0 aliphatic heterocycles. The van der Waals surface area contributed by atoms with Gasteiger partial charge in [-0.25, -0.2) is 5.26 Å². The molecule has 0 atom stereocenters. The maximum Gasteiger partial charge on any atom is 0.254 e. The van der Waals surface area contributed by atoms with Gasteiger partial charge in [-0.1, -0.05) is 13.2 Å². The lowest BCUT2D eigenvalue weighted by molar-refractivity contribution is 1.45. The predicted molar refractivity (Wildman–Crippen MR) is 21.8 cm³/mol. The Labute approximate surface area is 32.8 Å². The Morgan fingerprint density at radius 1 is 2.00 bits per heavy atom. The van der Waals surface area contributed by atoms with E-state index in [1.165, 1.54) is 0 Å². The Morgan fingerprint density at radius 2 is 2.60 bits per heavy atom. The molecule has 0 aromatic heterocycles. The van der Waals surface area contributed by atoms with Gasteiger partial charge in [0.2, 0.25) is 0 Å². The average molecular weight is 65.9 g/mol. The summed E-state index contributed by atoms with van der Waals surface area (Å²) in [5, 5.41) is 7.76. The quantitative estimate of drug-likeness (QED) is 0.411. The highest BCUT2D eigenvalue weighted by Gasteiger charge is 1.72. The van der Waals surface area contributed by atoms with Crippen molar-refractivity contribution in [2.45, 2.75) is 13.2 Å². The van der Waals surface area contributed by atoms with Gasteiger partial charge in [0.05, 0.1) is 0 Å². The van der Waals surface area contributed by atoms with Crippen LogP contribution in [-0.4, -0.2) is 7.28 Å². The number of hydrogen-bond donors (Lipinski definition) is 0. The molecule has 0 amide bonds. The van der Waals surface area contributed by atoms with Crippen molar-refractivity contribution in [3.63, 3.8) is 0 Å². The molecule has 0 aliphatic carbocycles. The van der Waals surface area contributed by atoms with Gasteiger partial charge in [-0.2, -0.15) is 0 Å². The Bertz CT molecular complexity index is 45.3. The monoisotopic (exact) mass is 66.1 g/mol. The lowest BCUT2D eigenvalue weighted by Gasteiger charge is -1.61. The molecular formula is C3H5BN. The zero-order valence-electron chi connectivity index (χ0n) is 3.23. The fourth-order valence-electron chi connectivity index (χ4n) is 0.0913. The molecular weight excluding hydrogens is 60.9 g/mol. The fourth-order valence-corrected chi connectivity index (χ4v) is 0.0913. The molecule has 0 heterocycles. The minimum Gasteiger partial charge on any atom is -0.213 e. The molecule has 1 nitrogen and oxygen atoms in total. The molecule has 0 fully saturated rings. The van der Waals surface area contributed by atoms with Gasteiger partial charge in [-0.05, 0) is 5.97 Å². The lowest BCUT2D eigenvalue weighted by Crippen LogP contribution is -1.73. The predicted octanol–water partition coefficient (Wildman–Crippen LogP) is 0.610. The summed E-state index contributed by atoms with van der Waals surface area (Å²) in [6, 6.07) is 0. The highest BCUT2D eigenvalue weighted by molar-refractivity contribution is 6.44. The maximum absolute atomic E-state index is 7.76. The average Bonchev–Trinajstić information content (AvgIpc) is 1.41. The summed E-state index contributed by atoms with van der Waals surface area (Å²) in [5.74, 6) is 1.89. The molecule has 0 aromatic rings. The number of nitriles is 1. The fraction of sp³-hybridized carbons (Fsp3) is 0.667. The molecule has 0 bridgehead atoms. The number of nitrogens with zero attached hydrogens (tertiary/aromatic N) is 1. The van der Waals surface area contributed by atoms with Crippen LogP contribution in [0.2, 0.25) is 6.32 Å². The highest BCUT2D eigenvalue weighted by Crippen LogP contribution is 1.64. The van der Waals surface area contributed by atoms with Crippen LogP contribution < -0.4 is 0 Å². The third-order valence-electron chi connectivity index (χ3n) is 0.295. The van der Waals surface area contributed by atoms with Gasteiger partial charge in [-0.3, -0.25) is 0 Å². The van der Waals surface area contributed by atoms with Gasteiger partial charge in [0.15, 0.2) is 0 Å². The summed E-state index contributed by atoms with van der Waals surface area (Å²) < 4.78 is 0. The van der Waals surface area contributed by atoms with Gasteiger partial charge in [0.25, 0.3) is 7.28 Å². The first-order chi connectivity index (χ1) is 2.41. The molecule has 0 saturated heterocycles. The van der Waals surface area contributed by atoms with Crippen molar-refractivity contribution < 1.29 is 0 Å². The minimum atomic E-state index is 0.858. The second-order valence-corrected chi connectivity index (χ2v) is 0.741. The molecule has 0 N–H and O–H groups in total. The van der Waals surface area contributed by atoms with Crippen LogP contribution in [0.4, 0.5) is 0 Å². The van der Waals surface area contributed by atoms with E-state index in [2.05, 4.69) is 0 Å². The Kier molecular flexibility index (Phi) is 3.24. The van der Waals surface area contributed by atoms with Crippen LogP contribution in [0.1, 0.15) is 6.92 Å². The van der Waals surface area contributed by atoms with Crippen molar-refractivity contribution >= 4 is 7.28 Å². The summed E-state index contributed by atoms with van der Waals surface area (Å²) in [5.41, 5.74) is 0. The van der Waals surface area contributed by atoms with Crippen LogP contribution in [0, 0.1) is 11.2 Å². The van der Waals surface area contributed by atoms with E-state index in [4.69, 9.17) is 5.26 Å². The van der Waals surface area contributed by atoms with E-state index in [1.54, 1.807) is 7.28 Å². The molecule has 0 spiro atoms. The molecule has 25 valence electrons. The Balaban J connectivity index is 2.48. The van der Waals surface area contributed by atoms with Crippen molar-refractivity contribution in [3.8, 4) is 5.97 Å². The summed E-state index contributed by atoms with van der Waals surface area (Å²) in [4.78, 5) is 0. The molecule has 1 radical (unpaired) electrons. The summed E-state index contributed by atoms with van der Waals surface area (Å²) >= 11 is 0. The first-order valence-corrected chi connectivity index (χ1v) is 1.63. The van der Waals surface area contributed by atoms with Gasteiger partial charge < -0.3 is 0 Å². The lowest BCUT2D eigenvalue weighted by atomic mass is 9.78. The van der Waals surface area contributed by atoms with Crippen LogP contribution >= 0.6 is 0 Å². The van der Waals surface area contributed by atoms with Gasteiger partial charge >= 0.3 is 0 Å². The minimum absolute atomic E-state index is 0.858. The topological polar surface area (TPSA) is 23.8 Å². The first-order valence-electron chi connectivity index (χ1n) is 1.63. The molecule has 5 heavy (non-hydrogen) atoms. The molecule has 0 saturated carbocycles. The molecule has 2 heteroatoms. The number of rotatable bonds is 1. The van der Waals surface area contributed by atoms with Crippen molar-refractivity contribution in [1.29, 1.82) is 5.26 Å². The van der Waals surface area contributed by atoms with Crippen molar-refractivity contribution in [3.05, 3.63) is 0 Å². The third kappa shape index (κ3) is 3.55. The highest BCUT2D eigenvalue weighted by atomic mass is 14.2. The zero-order valence-corrected chi connectivity index (χ0v) is 3.23. The van der Waals surface area contributed by atoms with Crippen molar-refractivity contribution in [1.82, 2.24) is 0 Å². The molecule has 0 aliphatic rings. The van der Waals surface area contributed by atoms with Crippen LogP contribution in [0.3, 0.4) is 0 Å². The van der Waals surface area contributed by atoms with Crippen LogP contribution in [0.25, 0.3) is 0 Å². The normalized spacial score (nSPS) is 5.60. The van der Waals surface area contributed by atoms with Crippen LogP contribution in [0.5, 0.6) is 0 Å². The Hall–Kier alpha value is -0.445. The largest absolute Gasteiger partial charge is 0.254 e. The van der Waals surface area contributed by atoms with E-state index < -0.39 is 0 Å². The SMILES string of the molecule is CC[B]C#N. The summed E-state index contributed by atoms with van der Waals surface area (Å²) in [6.45, 7) is 1.93. The van der Waals surface area contributed by atoms with Gasteiger partial charge in [0, 0.05) is 0 Å². The standard InChI is InChI=1S/C3H5BN/c1-2-4-3-5/h2H2,1H3. The van der Waals surface area contributed by atoms with E-state index in [0.29, 0.717) is 0 Å². The van der Waals surface area contributed by atoms with E-state index in [-0.39, 0.29) is 0 Å². The van der Waals surface area contributed by atoms with Crippen LogP contribution in [0.15, 0.2) is 0 Å². The third-order valence-corrected chi connectivity index (χ3v) is 0.295. The van der Waals surface area contributed by atoms with Crippen molar-refractivity contribution in [2.75, 3.05) is 0 Å². The van der Waals surface area contributed by atoms with E-state index >= 15 is 0 Å². The van der Waals surface area contributed by atoms with Gasteiger partial charge in [-0.15, -0.1) is 0 Å². The second kappa shape index (κ2) is 3.55.